The fourth-order valence-electron chi connectivity index (χ4n) is 1.43. The number of benzene rings is 2. The molecule has 0 bridgehead atoms. The predicted octanol–water partition coefficient (Wildman–Crippen LogP) is 4.13. The second-order valence-electron chi connectivity index (χ2n) is 3.58. The van der Waals surface area contributed by atoms with E-state index in [2.05, 4.69) is 12.6 Å². The van der Waals surface area contributed by atoms with Gasteiger partial charge in [0.15, 0.2) is 11.5 Å². The van der Waals surface area contributed by atoms with Gasteiger partial charge in [-0.1, -0.05) is 30.3 Å². The summed E-state index contributed by atoms with van der Waals surface area (Å²) < 4.78 is 11.3. The molecule has 0 aliphatic heterocycles. The van der Waals surface area contributed by atoms with Crippen molar-refractivity contribution in [1.29, 1.82) is 0 Å². The van der Waals surface area contributed by atoms with Gasteiger partial charge < -0.3 is 9.47 Å². The van der Waals surface area contributed by atoms with E-state index >= 15 is 0 Å². The molecule has 2 aromatic carbocycles. The van der Waals surface area contributed by atoms with Crippen LogP contribution in [-0.4, -0.2) is 5.44 Å². The Morgan fingerprint density at radius 2 is 1.47 bits per heavy atom. The number of hydrogen-bond donors (Lipinski definition) is 1. The molecule has 0 aromatic heterocycles. The maximum absolute atomic E-state index is 5.75. The molecule has 1 unspecified atom stereocenters. The quantitative estimate of drug-likeness (QED) is 0.646. The molecule has 0 saturated carbocycles. The van der Waals surface area contributed by atoms with E-state index in [1.54, 1.807) is 0 Å². The van der Waals surface area contributed by atoms with Gasteiger partial charge in [0, 0.05) is 0 Å². The van der Waals surface area contributed by atoms with E-state index in [9.17, 15) is 0 Å². The average molecular weight is 246 g/mol. The summed E-state index contributed by atoms with van der Waals surface area (Å²) in [5, 5.41) is 0. The molecule has 0 amide bonds. The Labute approximate surface area is 107 Å². The highest BCUT2D eigenvalue weighted by atomic mass is 32.1. The van der Waals surface area contributed by atoms with Crippen LogP contribution in [0.25, 0.3) is 0 Å². The van der Waals surface area contributed by atoms with Gasteiger partial charge in [-0.25, -0.2) is 0 Å². The summed E-state index contributed by atoms with van der Waals surface area (Å²) in [6.07, 6.45) is 0. The van der Waals surface area contributed by atoms with Gasteiger partial charge in [0.25, 0.3) is 0 Å². The van der Waals surface area contributed by atoms with E-state index in [4.69, 9.17) is 9.47 Å². The van der Waals surface area contributed by atoms with Crippen LogP contribution in [0.15, 0.2) is 54.6 Å². The monoisotopic (exact) mass is 246 g/mol. The highest BCUT2D eigenvalue weighted by molar-refractivity contribution is 7.80. The minimum Gasteiger partial charge on any atom is -0.476 e. The van der Waals surface area contributed by atoms with Crippen molar-refractivity contribution in [2.75, 3.05) is 0 Å². The van der Waals surface area contributed by atoms with E-state index in [0.29, 0.717) is 11.5 Å². The highest BCUT2D eigenvalue weighted by Gasteiger charge is 2.06. The molecule has 0 saturated heterocycles. The molecule has 3 heteroatoms. The zero-order valence-electron chi connectivity index (χ0n) is 9.54. The lowest BCUT2D eigenvalue weighted by Crippen LogP contribution is -2.03. The number of thiol groups is 1. The second kappa shape index (κ2) is 5.64. The van der Waals surface area contributed by atoms with Gasteiger partial charge in [-0.2, -0.15) is 0 Å². The molecule has 0 aliphatic carbocycles. The number of rotatable bonds is 4. The summed E-state index contributed by atoms with van der Waals surface area (Å²) >= 11 is 4.21. The van der Waals surface area contributed by atoms with E-state index in [0.717, 1.165) is 5.75 Å². The van der Waals surface area contributed by atoms with Crippen molar-refractivity contribution >= 4 is 12.6 Å². The number of hydrogen-bond acceptors (Lipinski definition) is 3. The van der Waals surface area contributed by atoms with Gasteiger partial charge >= 0.3 is 0 Å². The first kappa shape index (κ1) is 11.9. The summed E-state index contributed by atoms with van der Waals surface area (Å²) in [4.78, 5) is 0. The number of para-hydroxylation sites is 3. The van der Waals surface area contributed by atoms with E-state index < -0.39 is 0 Å². The Balaban J connectivity index is 2.20. The maximum Gasteiger partial charge on any atom is 0.169 e. The molecular formula is C14H14O2S. The van der Waals surface area contributed by atoms with Crippen LogP contribution in [0.1, 0.15) is 6.92 Å². The molecule has 0 N–H and O–H groups in total. The summed E-state index contributed by atoms with van der Waals surface area (Å²) in [5.74, 6) is 2.17. The Morgan fingerprint density at radius 1 is 0.882 bits per heavy atom. The third kappa shape index (κ3) is 3.43. The van der Waals surface area contributed by atoms with Gasteiger partial charge in [-0.3, -0.25) is 0 Å². The topological polar surface area (TPSA) is 18.5 Å². The fraction of sp³-hybridized carbons (Fsp3) is 0.143. The lowest BCUT2D eigenvalue weighted by molar-refractivity contribution is 0.295. The zero-order valence-corrected chi connectivity index (χ0v) is 10.4. The molecule has 2 nitrogen and oxygen atoms in total. The molecule has 2 rings (SSSR count). The zero-order chi connectivity index (χ0) is 12.1. The third-order valence-corrected chi connectivity index (χ3v) is 2.22. The molecular weight excluding hydrogens is 232 g/mol. The first-order chi connectivity index (χ1) is 8.25. The largest absolute Gasteiger partial charge is 0.476 e. The van der Waals surface area contributed by atoms with Crippen molar-refractivity contribution in [3.8, 4) is 17.2 Å². The molecule has 2 aromatic rings. The standard InChI is InChI=1S/C14H14O2S/c1-11(17)15-13-9-5-6-10-14(13)16-12-7-3-2-4-8-12/h2-11,17H,1H3. The normalized spacial score (nSPS) is 11.9. The lowest BCUT2D eigenvalue weighted by Gasteiger charge is -2.13. The minimum atomic E-state index is -0.171. The van der Waals surface area contributed by atoms with Crippen LogP contribution in [-0.2, 0) is 0 Å². The SMILES string of the molecule is CC(S)Oc1ccccc1Oc1ccccc1. The second-order valence-corrected chi connectivity index (χ2v) is 4.31. The van der Waals surface area contributed by atoms with Gasteiger partial charge in [0.2, 0.25) is 0 Å². The number of ether oxygens (including phenoxy) is 2. The average Bonchev–Trinajstić information content (AvgIpc) is 2.32. The molecule has 1 atom stereocenters. The van der Waals surface area contributed by atoms with Crippen molar-refractivity contribution < 1.29 is 9.47 Å². The molecule has 0 spiro atoms. The fourth-order valence-corrected chi connectivity index (χ4v) is 1.54. The third-order valence-electron chi connectivity index (χ3n) is 2.12. The summed E-state index contributed by atoms with van der Waals surface area (Å²) in [6.45, 7) is 1.86. The van der Waals surface area contributed by atoms with Crippen LogP contribution in [0.3, 0.4) is 0 Å². The van der Waals surface area contributed by atoms with Gasteiger partial charge in [0.1, 0.15) is 11.2 Å². The Morgan fingerprint density at radius 3 is 2.12 bits per heavy atom. The molecule has 0 fully saturated rings. The van der Waals surface area contributed by atoms with E-state index in [1.165, 1.54) is 0 Å². The molecule has 88 valence electrons. The van der Waals surface area contributed by atoms with Gasteiger partial charge in [-0.15, -0.1) is 12.6 Å². The first-order valence-electron chi connectivity index (χ1n) is 5.42. The predicted molar refractivity (Wildman–Crippen MR) is 72.0 cm³/mol. The van der Waals surface area contributed by atoms with Crippen LogP contribution < -0.4 is 9.47 Å². The van der Waals surface area contributed by atoms with Crippen molar-refractivity contribution in [1.82, 2.24) is 0 Å². The Bertz CT molecular complexity index is 469. The van der Waals surface area contributed by atoms with Gasteiger partial charge in [-0.05, 0) is 31.2 Å². The van der Waals surface area contributed by atoms with Gasteiger partial charge in [0.05, 0.1) is 0 Å². The van der Waals surface area contributed by atoms with Crippen molar-refractivity contribution in [3.63, 3.8) is 0 Å². The minimum absolute atomic E-state index is 0.171. The van der Waals surface area contributed by atoms with Crippen molar-refractivity contribution in [3.05, 3.63) is 54.6 Å². The summed E-state index contributed by atoms with van der Waals surface area (Å²) in [7, 11) is 0. The van der Waals surface area contributed by atoms with Crippen LogP contribution in [0, 0.1) is 0 Å². The molecule has 0 heterocycles. The summed E-state index contributed by atoms with van der Waals surface area (Å²) in [6, 6.07) is 17.2. The van der Waals surface area contributed by atoms with Crippen LogP contribution in [0.4, 0.5) is 0 Å². The molecule has 0 radical (unpaired) electrons. The van der Waals surface area contributed by atoms with Crippen LogP contribution in [0.2, 0.25) is 0 Å². The van der Waals surface area contributed by atoms with Crippen molar-refractivity contribution in [2.24, 2.45) is 0 Å². The highest BCUT2D eigenvalue weighted by Crippen LogP contribution is 2.31. The van der Waals surface area contributed by atoms with Crippen molar-refractivity contribution in [2.45, 2.75) is 12.4 Å². The van der Waals surface area contributed by atoms with E-state index in [1.807, 2.05) is 61.5 Å². The van der Waals surface area contributed by atoms with Crippen LogP contribution in [0.5, 0.6) is 17.2 Å². The maximum atomic E-state index is 5.75. The lowest BCUT2D eigenvalue weighted by atomic mass is 10.3. The molecule has 0 aliphatic rings. The Kier molecular flexibility index (Phi) is 3.94. The smallest absolute Gasteiger partial charge is 0.169 e. The summed E-state index contributed by atoms with van der Waals surface area (Å²) in [5.41, 5.74) is -0.171. The van der Waals surface area contributed by atoms with E-state index in [-0.39, 0.29) is 5.44 Å². The van der Waals surface area contributed by atoms with Crippen LogP contribution >= 0.6 is 12.6 Å². The molecule has 17 heavy (non-hydrogen) atoms. The Hall–Kier alpha value is -1.61. The first-order valence-corrected chi connectivity index (χ1v) is 5.94.